The van der Waals surface area contributed by atoms with Crippen LogP contribution in [0, 0.1) is 11.8 Å². The largest absolute Gasteiger partial charge is 0.320 e. The second kappa shape index (κ2) is 6.14. The van der Waals surface area contributed by atoms with Crippen LogP contribution in [0.3, 0.4) is 0 Å². The van der Waals surface area contributed by atoms with E-state index in [0.29, 0.717) is 6.54 Å². The van der Waals surface area contributed by atoms with Gasteiger partial charge in [0.05, 0.1) is 6.54 Å². The van der Waals surface area contributed by atoms with Crippen molar-refractivity contribution in [1.82, 2.24) is 9.03 Å². The molecule has 0 bridgehead atoms. The number of hydrogen-bond donors (Lipinski definition) is 2. The third-order valence-corrected chi connectivity index (χ3v) is 4.31. The van der Waals surface area contributed by atoms with Gasteiger partial charge in [-0.25, -0.2) is 0 Å². The van der Waals surface area contributed by atoms with Crippen LogP contribution >= 0.6 is 11.3 Å². The summed E-state index contributed by atoms with van der Waals surface area (Å²) in [5.41, 5.74) is 6.13. The summed E-state index contributed by atoms with van der Waals surface area (Å²) < 4.78 is 26.5. The Bertz CT molecular complexity index is 523. The number of rotatable bonds is 4. The Labute approximate surface area is 106 Å². The number of nitrogens with zero attached hydrogens (tertiary/aromatic N) is 1. The monoisotopic (exact) mass is 273 g/mol. The zero-order valence-corrected chi connectivity index (χ0v) is 11.4. The normalized spacial score (nSPS) is 11.3. The maximum absolute atomic E-state index is 11.5. The SMILES string of the molecule is CN(C)S(=O)(=O)NCc1cc(C#CCN)cs1. The third-order valence-electron chi connectivity index (χ3n) is 1.90. The average Bonchev–Trinajstić information content (AvgIpc) is 2.71. The highest BCUT2D eigenvalue weighted by Crippen LogP contribution is 2.13. The smallest absolute Gasteiger partial charge is 0.279 e. The molecule has 94 valence electrons. The Morgan fingerprint density at radius 1 is 1.53 bits per heavy atom. The van der Waals surface area contributed by atoms with Crippen molar-refractivity contribution in [3.63, 3.8) is 0 Å². The van der Waals surface area contributed by atoms with Crippen LogP contribution in [0.15, 0.2) is 11.4 Å². The summed E-state index contributed by atoms with van der Waals surface area (Å²) in [5.74, 6) is 5.64. The van der Waals surface area contributed by atoms with E-state index in [1.54, 1.807) is 0 Å². The van der Waals surface area contributed by atoms with Crippen LogP contribution < -0.4 is 10.5 Å². The second-order valence-corrected chi connectivity index (χ2v) is 6.38. The Kier molecular flexibility index (Phi) is 5.11. The first-order valence-corrected chi connectivity index (χ1v) is 7.21. The fourth-order valence-corrected chi connectivity index (χ4v) is 2.43. The quantitative estimate of drug-likeness (QED) is 0.756. The van der Waals surface area contributed by atoms with Crippen molar-refractivity contribution in [1.29, 1.82) is 0 Å². The van der Waals surface area contributed by atoms with Gasteiger partial charge in [-0.2, -0.15) is 17.4 Å². The van der Waals surface area contributed by atoms with Gasteiger partial charge in [-0.15, -0.1) is 11.3 Å². The molecule has 1 rings (SSSR count). The molecule has 7 heteroatoms. The van der Waals surface area contributed by atoms with Crippen LogP contribution in [0.2, 0.25) is 0 Å². The van der Waals surface area contributed by atoms with E-state index in [4.69, 9.17) is 5.73 Å². The minimum atomic E-state index is -3.37. The zero-order chi connectivity index (χ0) is 12.9. The van der Waals surface area contributed by atoms with Gasteiger partial charge in [0, 0.05) is 36.5 Å². The minimum Gasteiger partial charge on any atom is -0.320 e. The van der Waals surface area contributed by atoms with E-state index in [-0.39, 0.29) is 6.54 Å². The van der Waals surface area contributed by atoms with Crippen LogP contribution in [0.4, 0.5) is 0 Å². The van der Waals surface area contributed by atoms with Gasteiger partial charge >= 0.3 is 0 Å². The molecule has 1 aromatic heterocycles. The summed E-state index contributed by atoms with van der Waals surface area (Å²) in [6.07, 6.45) is 0. The van der Waals surface area contributed by atoms with Gasteiger partial charge in [0.15, 0.2) is 0 Å². The highest BCUT2D eigenvalue weighted by molar-refractivity contribution is 7.87. The molecule has 0 saturated heterocycles. The highest BCUT2D eigenvalue weighted by atomic mass is 32.2. The van der Waals surface area contributed by atoms with Crippen LogP contribution in [0.5, 0.6) is 0 Å². The van der Waals surface area contributed by atoms with Crippen molar-refractivity contribution < 1.29 is 8.42 Å². The van der Waals surface area contributed by atoms with Gasteiger partial charge in [-0.1, -0.05) is 11.8 Å². The predicted octanol–water partition coefficient (Wildman–Crippen LogP) is -0.0457. The van der Waals surface area contributed by atoms with E-state index in [2.05, 4.69) is 16.6 Å². The highest BCUT2D eigenvalue weighted by Gasteiger charge is 2.12. The molecule has 1 aromatic rings. The molecule has 17 heavy (non-hydrogen) atoms. The van der Waals surface area contributed by atoms with E-state index in [1.807, 2.05) is 11.4 Å². The molecule has 0 aliphatic rings. The standard InChI is InChI=1S/C10H15N3O2S2/c1-13(2)17(14,15)12-7-10-6-9(8-16-10)4-3-5-11/h6,8,12H,5,7,11H2,1-2H3. The lowest BCUT2D eigenvalue weighted by molar-refractivity contribution is 0.505. The molecular formula is C10H15N3O2S2. The summed E-state index contributed by atoms with van der Waals surface area (Å²) >= 11 is 1.46. The van der Waals surface area contributed by atoms with Gasteiger partial charge in [0.25, 0.3) is 10.2 Å². The van der Waals surface area contributed by atoms with E-state index in [1.165, 1.54) is 25.4 Å². The Hall–Kier alpha value is -0.910. The number of nitrogens with two attached hydrogens (primary N) is 1. The molecule has 0 unspecified atom stereocenters. The first-order chi connectivity index (χ1) is 7.95. The van der Waals surface area contributed by atoms with Gasteiger partial charge in [0.1, 0.15) is 0 Å². The van der Waals surface area contributed by atoms with Gasteiger partial charge < -0.3 is 5.73 Å². The molecule has 0 aliphatic heterocycles. The molecule has 3 N–H and O–H groups in total. The van der Waals surface area contributed by atoms with Crippen molar-refractivity contribution in [3.8, 4) is 11.8 Å². The van der Waals surface area contributed by atoms with Crippen LogP contribution in [0.1, 0.15) is 10.4 Å². The topological polar surface area (TPSA) is 75.4 Å². The molecule has 5 nitrogen and oxygen atoms in total. The summed E-state index contributed by atoms with van der Waals surface area (Å²) in [7, 11) is -0.408. The van der Waals surface area contributed by atoms with Crippen LogP contribution in [0.25, 0.3) is 0 Å². The third kappa shape index (κ3) is 4.46. The molecule has 0 aliphatic carbocycles. The van der Waals surface area contributed by atoms with Crippen molar-refractivity contribution in [2.45, 2.75) is 6.54 Å². The van der Waals surface area contributed by atoms with E-state index in [9.17, 15) is 8.42 Å². The molecule has 0 atom stereocenters. The molecule has 1 heterocycles. The lowest BCUT2D eigenvalue weighted by atomic mass is 10.3. The number of thiophene rings is 1. The maximum Gasteiger partial charge on any atom is 0.279 e. The second-order valence-electron chi connectivity index (χ2n) is 3.42. The van der Waals surface area contributed by atoms with Crippen molar-refractivity contribution in [2.75, 3.05) is 20.6 Å². The Morgan fingerprint density at radius 3 is 2.82 bits per heavy atom. The van der Waals surface area contributed by atoms with Gasteiger partial charge in [0.2, 0.25) is 0 Å². The summed E-state index contributed by atoms with van der Waals surface area (Å²) in [4.78, 5) is 0.914. The lowest BCUT2D eigenvalue weighted by Crippen LogP contribution is -2.34. The Morgan fingerprint density at radius 2 is 2.24 bits per heavy atom. The Balaban J connectivity index is 2.62. The summed E-state index contributed by atoms with van der Waals surface area (Å²) in [6.45, 7) is 0.591. The fourth-order valence-electron chi connectivity index (χ4n) is 0.983. The van der Waals surface area contributed by atoms with Crippen molar-refractivity contribution >= 4 is 21.5 Å². The molecule has 0 radical (unpaired) electrons. The van der Waals surface area contributed by atoms with Crippen LogP contribution in [-0.2, 0) is 16.8 Å². The molecule has 0 fully saturated rings. The first kappa shape index (κ1) is 14.2. The fraction of sp³-hybridized carbons (Fsp3) is 0.400. The molecule has 0 saturated carbocycles. The molecule has 0 spiro atoms. The molecule has 0 aromatic carbocycles. The van der Waals surface area contributed by atoms with Gasteiger partial charge in [-0.05, 0) is 6.07 Å². The molecular weight excluding hydrogens is 258 g/mol. The van der Waals surface area contributed by atoms with E-state index < -0.39 is 10.2 Å². The zero-order valence-electron chi connectivity index (χ0n) is 9.73. The maximum atomic E-state index is 11.5. The molecule has 0 amide bonds. The van der Waals surface area contributed by atoms with Gasteiger partial charge in [-0.3, -0.25) is 0 Å². The average molecular weight is 273 g/mol. The predicted molar refractivity (Wildman–Crippen MR) is 69.7 cm³/mol. The van der Waals surface area contributed by atoms with E-state index >= 15 is 0 Å². The van der Waals surface area contributed by atoms with E-state index in [0.717, 1.165) is 14.7 Å². The van der Waals surface area contributed by atoms with Crippen molar-refractivity contribution in [3.05, 3.63) is 21.9 Å². The summed E-state index contributed by atoms with van der Waals surface area (Å²) in [6, 6.07) is 1.85. The summed E-state index contributed by atoms with van der Waals surface area (Å²) in [5, 5.41) is 1.88. The minimum absolute atomic E-state index is 0.273. The number of nitrogens with one attached hydrogen (secondary N) is 1. The number of hydrogen-bond acceptors (Lipinski definition) is 4. The van der Waals surface area contributed by atoms with Crippen molar-refractivity contribution in [2.24, 2.45) is 5.73 Å². The van der Waals surface area contributed by atoms with Crippen LogP contribution in [-0.4, -0.2) is 33.4 Å². The lowest BCUT2D eigenvalue weighted by Gasteiger charge is -2.11. The first-order valence-electron chi connectivity index (χ1n) is 4.89.